The van der Waals surface area contributed by atoms with Crippen LogP contribution < -0.4 is 10.5 Å². The number of hydrogen-bond donors (Lipinski definition) is 1. The second-order valence-corrected chi connectivity index (χ2v) is 4.30. The van der Waals surface area contributed by atoms with Gasteiger partial charge in [-0.2, -0.15) is 0 Å². The lowest BCUT2D eigenvalue weighted by atomic mass is 10.3. The molecule has 0 spiro atoms. The van der Waals surface area contributed by atoms with Gasteiger partial charge < -0.3 is 10.5 Å². The highest BCUT2D eigenvalue weighted by atomic mass is 79.9. The third-order valence-corrected chi connectivity index (χ3v) is 2.75. The summed E-state index contributed by atoms with van der Waals surface area (Å²) in [5.41, 5.74) is 6.37. The molecular weight excluding hydrogens is 230 g/mol. The van der Waals surface area contributed by atoms with Crippen LogP contribution in [0.4, 0.5) is 5.69 Å². The second-order valence-electron chi connectivity index (χ2n) is 3.44. The van der Waals surface area contributed by atoms with Gasteiger partial charge in [0.1, 0.15) is 5.75 Å². The second kappa shape index (κ2) is 3.58. The summed E-state index contributed by atoms with van der Waals surface area (Å²) in [5, 5.41) is 0. The molecule has 0 atom stereocenters. The number of halogens is 1. The van der Waals surface area contributed by atoms with E-state index in [1.54, 1.807) is 0 Å². The van der Waals surface area contributed by atoms with Gasteiger partial charge in [0.25, 0.3) is 0 Å². The quantitative estimate of drug-likeness (QED) is 0.827. The predicted molar refractivity (Wildman–Crippen MR) is 56.8 cm³/mol. The van der Waals surface area contributed by atoms with Crippen molar-refractivity contribution in [3.05, 3.63) is 22.7 Å². The van der Waals surface area contributed by atoms with Crippen LogP contribution in [0.2, 0.25) is 0 Å². The number of rotatable bonds is 3. The van der Waals surface area contributed by atoms with Gasteiger partial charge >= 0.3 is 0 Å². The van der Waals surface area contributed by atoms with Crippen LogP contribution in [0, 0.1) is 5.92 Å². The minimum absolute atomic E-state index is 0.755. The molecule has 1 aliphatic carbocycles. The molecular formula is C10H12BrNO. The van der Waals surface area contributed by atoms with E-state index in [0.717, 1.165) is 28.4 Å². The van der Waals surface area contributed by atoms with Gasteiger partial charge in [-0.25, -0.2) is 0 Å². The highest BCUT2D eigenvalue weighted by Crippen LogP contribution is 2.32. The van der Waals surface area contributed by atoms with E-state index in [1.165, 1.54) is 12.8 Å². The van der Waals surface area contributed by atoms with Crippen molar-refractivity contribution in [3.8, 4) is 5.75 Å². The van der Waals surface area contributed by atoms with Crippen LogP contribution in [-0.4, -0.2) is 6.61 Å². The highest BCUT2D eigenvalue weighted by Gasteiger charge is 2.22. The topological polar surface area (TPSA) is 35.2 Å². The van der Waals surface area contributed by atoms with Crippen molar-refractivity contribution in [1.82, 2.24) is 0 Å². The largest absolute Gasteiger partial charge is 0.492 e. The van der Waals surface area contributed by atoms with Crippen LogP contribution in [0.25, 0.3) is 0 Å². The fourth-order valence-electron chi connectivity index (χ4n) is 1.13. The van der Waals surface area contributed by atoms with E-state index in [2.05, 4.69) is 15.9 Å². The standard InChI is InChI=1S/C10H12BrNO/c11-9-5-8(12)3-4-10(9)13-6-7-1-2-7/h3-5,7H,1-2,6,12H2. The van der Waals surface area contributed by atoms with Crippen molar-refractivity contribution in [2.45, 2.75) is 12.8 Å². The summed E-state index contributed by atoms with van der Waals surface area (Å²) < 4.78 is 6.55. The third-order valence-electron chi connectivity index (χ3n) is 2.13. The highest BCUT2D eigenvalue weighted by molar-refractivity contribution is 9.10. The zero-order valence-electron chi connectivity index (χ0n) is 7.29. The molecule has 0 aliphatic heterocycles. The van der Waals surface area contributed by atoms with E-state index < -0.39 is 0 Å². The number of benzene rings is 1. The molecule has 1 aromatic carbocycles. The van der Waals surface area contributed by atoms with Gasteiger partial charge in [0.15, 0.2) is 0 Å². The minimum atomic E-state index is 0.755. The molecule has 0 unspecified atom stereocenters. The predicted octanol–water partition coefficient (Wildman–Crippen LogP) is 2.82. The van der Waals surface area contributed by atoms with Crippen LogP contribution >= 0.6 is 15.9 Å². The molecule has 13 heavy (non-hydrogen) atoms. The molecule has 2 nitrogen and oxygen atoms in total. The van der Waals surface area contributed by atoms with E-state index >= 15 is 0 Å². The Kier molecular flexibility index (Phi) is 2.44. The van der Waals surface area contributed by atoms with Gasteiger partial charge in [-0.3, -0.25) is 0 Å². The SMILES string of the molecule is Nc1ccc(OCC2CC2)c(Br)c1. The summed E-state index contributed by atoms with van der Waals surface area (Å²) in [6.07, 6.45) is 2.62. The maximum Gasteiger partial charge on any atom is 0.133 e. The summed E-state index contributed by atoms with van der Waals surface area (Å²) in [7, 11) is 0. The van der Waals surface area contributed by atoms with Crippen LogP contribution in [0.1, 0.15) is 12.8 Å². The van der Waals surface area contributed by atoms with Crippen molar-refractivity contribution < 1.29 is 4.74 Å². The first kappa shape index (κ1) is 8.88. The van der Waals surface area contributed by atoms with Crippen molar-refractivity contribution in [2.24, 2.45) is 5.92 Å². The van der Waals surface area contributed by atoms with Gasteiger partial charge in [-0.05, 0) is 52.9 Å². The van der Waals surface area contributed by atoms with E-state index in [4.69, 9.17) is 10.5 Å². The summed E-state index contributed by atoms with van der Waals surface area (Å²) >= 11 is 3.41. The lowest BCUT2D eigenvalue weighted by Crippen LogP contribution is -1.99. The lowest BCUT2D eigenvalue weighted by Gasteiger charge is -2.07. The Morgan fingerprint density at radius 1 is 1.46 bits per heavy atom. The van der Waals surface area contributed by atoms with E-state index in [9.17, 15) is 0 Å². The molecule has 1 saturated carbocycles. The zero-order chi connectivity index (χ0) is 9.26. The van der Waals surface area contributed by atoms with E-state index in [-0.39, 0.29) is 0 Å². The molecule has 0 aromatic heterocycles. The van der Waals surface area contributed by atoms with Gasteiger partial charge in [0.05, 0.1) is 11.1 Å². The molecule has 0 saturated heterocycles. The molecule has 2 rings (SSSR count). The average molecular weight is 242 g/mol. The fraction of sp³-hybridized carbons (Fsp3) is 0.400. The molecule has 1 fully saturated rings. The van der Waals surface area contributed by atoms with Crippen molar-refractivity contribution >= 4 is 21.6 Å². The summed E-state index contributed by atoms with van der Waals surface area (Å²) in [4.78, 5) is 0. The van der Waals surface area contributed by atoms with Gasteiger partial charge in [-0.15, -0.1) is 0 Å². The normalized spacial score (nSPS) is 15.8. The fourth-order valence-corrected chi connectivity index (χ4v) is 1.64. The number of ether oxygens (including phenoxy) is 1. The lowest BCUT2D eigenvalue weighted by molar-refractivity contribution is 0.298. The molecule has 3 heteroatoms. The molecule has 0 radical (unpaired) electrons. The van der Waals surface area contributed by atoms with Crippen LogP contribution in [0.5, 0.6) is 5.75 Å². The minimum Gasteiger partial charge on any atom is -0.492 e. The van der Waals surface area contributed by atoms with Crippen molar-refractivity contribution in [2.75, 3.05) is 12.3 Å². The Morgan fingerprint density at radius 2 is 2.23 bits per heavy atom. The first-order valence-electron chi connectivity index (χ1n) is 4.43. The zero-order valence-corrected chi connectivity index (χ0v) is 8.88. The number of anilines is 1. The molecule has 1 aliphatic rings. The number of nitrogens with two attached hydrogens (primary N) is 1. The Labute approximate surface area is 86.2 Å². The first-order chi connectivity index (χ1) is 6.25. The van der Waals surface area contributed by atoms with Crippen molar-refractivity contribution in [3.63, 3.8) is 0 Å². The molecule has 0 amide bonds. The first-order valence-corrected chi connectivity index (χ1v) is 5.23. The van der Waals surface area contributed by atoms with Crippen LogP contribution in [-0.2, 0) is 0 Å². The Morgan fingerprint density at radius 3 is 2.85 bits per heavy atom. The third kappa shape index (κ3) is 2.37. The van der Waals surface area contributed by atoms with Crippen LogP contribution in [0.15, 0.2) is 22.7 Å². The molecule has 0 bridgehead atoms. The van der Waals surface area contributed by atoms with Crippen molar-refractivity contribution in [1.29, 1.82) is 0 Å². The average Bonchev–Trinajstić information content (AvgIpc) is 2.86. The maximum absolute atomic E-state index is 5.61. The van der Waals surface area contributed by atoms with Gasteiger partial charge in [-0.1, -0.05) is 0 Å². The number of hydrogen-bond acceptors (Lipinski definition) is 2. The smallest absolute Gasteiger partial charge is 0.133 e. The van der Waals surface area contributed by atoms with Gasteiger partial charge in [0, 0.05) is 5.69 Å². The molecule has 0 heterocycles. The summed E-state index contributed by atoms with van der Waals surface area (Å²) in [6, 6.07) is 5.62. The summed E-state index contributed by atoms with van der Waals surface area (Å²) in [6.45, 7) is 0.836. The molecule has 70 valence electrons. The Hall–Kier alpha value is -0.700. The monoisotopic (exact) mass is 241 g/mol. The van der Waals surface area contributed by atoms with E-state index in [0.29, 0.717) is 0 Å². The summed E-state index contributed by atoms with van der Waals surface area (Å²) in [5.74, 6) is 1.67. The van der Waals surface area contributed by atoms with E-state index in [1.807, 2.05) is 18.2 Å². The van der Waals surface area contributed by atoms with Crippen LogP contribution in [0.3, 0.4) is 0 Å². The maximum atomic E-state index is 5.61. The Balaban J connectivity index is 2.01. The number of nitrogen functional groups attached to an aromatic ring is 1. The van der Waals surface area contributed by atoms with Gasteiger partial charge in [0.2, 0.25) is 0 Å². The molecule has 2 N–H and O–H groups in total. The molecule has 1 aromatic rings. The Bertz CT molecular complexity index is 310.